The number of nitro benzene ring substituents is 1. The molecule has 0 unspecified atom stereocenters. The largest absolute Gasteiger partial charge is 0.269 e. The van der Waals surface area contributed by atoms with Crippen molar-refractivity contribution in [2.75, 3.05) is 0 Å². The third kappa shape index (κ3) is 2.18. The molecule has 0 saturated carbocycles. The first-order chi connectivity index (χ1) is 8.61. The first kappa shape index (κ1) is 11.7. The molecule has 1 aromatic carbocycles. The van der Waals surface area contributed by atoms with Crippen LogP contribution in [0.25, 0.3) is 11.3 Å². The fourth-order valence-electron chi connectivity index (χ4n) is 1.59. The molecule has 5 nitrogen and oxygen atoms in total. The minimum absolute atomic E-state index is 0.0455. The zero-order valence-electron chi connectivity index (χ0n) is 9.62. The van der Waals surface area contributed by atoms with Gasteiger partial charge in [-0.15, -0.1) is 0 Å². The van der Waals surface area contributed by atoms with Crippen LogP contribution in [0.2, 0.25) is 0 Å². The maximum absolute atomic E-state index is 10.5. The van der Waals surface area contributed by atoms with Crippen LogP contribution in [0.4, 0.5) is 5.69 Å². The van der Waals surface area contributed by atoms with Gasteiger partial charge in [-0.3, -0.25) is 15.1 Å². The van der Waals surface area contributed by atoms with Crippen LogP contribution in [0.15, 0.2) is 36.4 Å². The monoisotopic (exact) mass is 239 g/mol. The number of benzene rings is 1. The minimum Gasteiger partial charge on any atom is -0.258 e. The highest BCUT2D eigenvalue weighted by Gasteiger charge is 2.07. The fraction of sp³-hybridized carbons (Fsp3) is 0.0769. The van der Waals surface area contributed by atoms with Crippen molar-refractivity contribution in [1.29, 1.82) is 5.26 Å². The van der Waals surface area contributed by atoms with Gasteiger partial charge in [0.1, 0.15) is 6.07 Å². The second kappa shape index (κ2) is 4.63. The van der Waals surface area contributed by atoms with E-state index in [0.717, 1.165) is 5.56 Å². The maximum Gasteiger partial charge on any atom is 0.269 e. The second-order valence-corrected chi connectivity index (χ2v) is 3.75. The number of hydrogen-bond acceptors (Lipinski definition) is 4. The third-order valence-electron chi connectivity index (χ3n) is 2.58. The van der Waals surface area contributed by atoms with Crippen molar-refractivity contribution >= 4 is 5.69 Å². The van der Waals surface area contributed by atoms with E-state index in [1.165, 1.54) is 12.1 Å². The molecule has 0 radical (unpaired) electrons. The summed E-state index contributed by atoms with van der Waals surface area (Å²) in [6.45, 7) is 1.76. The van der Waals surface area contributed by atoms with Crippen LogP contribution >= 0.6 is 0 Å². The van der Waals surface area contributed by atoms with E-state index in [9.17, 15) is 10.1 Å². The molecule has 0 aliphatic heterocycles. The molecule has 0 aliphatic carbocycles. The average Bonchev–Trinajstić information content (AvgIpc) is 2.38. The molecule has 2 rings (SSSR count). The molecule has 0 saturated heterocycles. The predicted octanol–water partition coefficient (Wildman–Crippen LogP) is 2.84. The average molecular weight is 239 g/mol. The van der Waals surface area contributed by atoms with Gasteiger partial charge in [0.25, 0.3) is 5.69 Å². The number of nitrogens with zero attached hydrogens (tertiary/aromatic N) is 3. The van der Waals surface area contributed by atoms with Crippen molar-refractivity contribution in [3.05, 3.63) is 57.8 Å². The van der Waals surface area contributed by atoms with Crippen LogP contribution in [0.5, 0.6) is 0 Å². The van der Waals surface area contributed by atoms with E-state index in [4.69, 9.17) is 5.26 Å². The summed E-state index contributed by atoms with van der Waals surface area (Å²) in [5.74, 6) is 0. The van der Waals surface area contributed by atoms with Crippen LogP contribution in [-0.4, -0.2) is 9.91 Å². The minimum atomic E-state index is -0.443. The third-order valence-corrected chi connectivity index (χ3v) is 2.58. The highest BCUT2D eigenvalue weighted by atomic mass is 16.6. The molecule has 0 aliphatic rings. The van der Waals surface area contributed by atoms with E-state index < -0.39 is 4.92 Å². The number of nitro groups is 1. The van der Waals surface area contributed by atoms with Crippen molar-refractivity contribution in [2.24, 2.45) is 0 Å². The van der Waals surface area contributed by atoms with Crippen LogP contribution in [0.1, 0.15) is 11.3 Å². The first-order valence-corrected chi connectivity index (χ1v) is 5.24. The Morgan fingerprint density at radius 2 is 1.89 bits per heavy atom. The number of aromatic nitrogens is 1. The number of non-ortho nitro benzene ring substituents is 1. The van der Waals surface area contributed by atoms with Crippen LogP contribution < -0.4 is 0 Å². The lowest BCUT2D eigenvalue weighted by Gasteiger charge is -2.03. The Morgan fingerprint density at radius 1 is 1.22 bits per heavy atom. The Balaban J connectivity index is 2.40. The van der Waals surface area contributed by atoms with Gasteiger partial charge in [-0.05, 0) is 31.2 Å². The normalized spacial score (nSPS) is 9.78. The highest BCUT2D eigenvalue weighted by Crippen LogP contribution is 2.21. The Morgan fingerprint density at radius 3 is 2.39 bits per heavy atom. The summed E-state index contributed by atoms with van der Waals surface area (Å²) in [6.07, 6.45) is 0. The predicted molar refractivity (Wildman–Crippen MR) is 65.8 cm³/mol. The topological polar surface area (TPSA) is 79.8 Å². The molecular formula is C13H9N3O2. The Bertz CT molecular complexity index is 642. The quantitative estimate of drug-likeness (QED) is 0.596. The van der Waals surface area contributed by atoms with Crippen LogP contribution in [-0.2, 0) is 0 Å². The standard InChI is InChI=1S/C13H9N3O2/c1-9-11(8-14)4-7-13(15-9)10-2-5-12(6-3-10)16(17)18/h2-7H,1H3. The Hall–Kier alpha value is -2.74. The molecule has 2 aromatic rings. The molecule has 5 heteroatoms. The number of nitriles is 1. The lowest BCUT2D eigenvalue weighted by atomic mass is 10.1. The van der Waals surface area contributed by atoms with E-state index in [0.29, 0.717) is 17.0 Å². The Labute approximate surface area is 103 Å². The van der Waals surface area contributed by atoms with Crippen molar-refractivity contribution in [3.63, 3.8) is 0 Å². The summed E-state index contributed by atoms with van der Waals surface area (Å²) >= 11 is 0. The van der Waals surface area contributed by atoms with Gasteiger partial charge < -0.3 is 0 Å². The summed E-state index contributed by atoms with van der Waals surface area (Å²) in [5.41, 5.74) is 2.70. The summed E-state index contributed by atoms with van der Waals surface area (Å²) in [7, 11) is 0. The summed E-state index contributed by atoms with van der Waals surface area (Å²) in [4.78, 5) is 14.4. The van der Waals surface area contributed by atoms with Crippen molar-refractivity contribution in [1.82, 2.24) is 4.98 Å². The second-order valence-electron chi connectivity index (χ2n) is 3.75. The molecule has 0 atom stereocenters. The number of hydrogen-bond donors (Lipinski definition) is 0. The van der Waals surface area contributed by atoms with Gasteiger partial charge in [-0.1, -0.05) is 0 Å². The van der Waals surface area contributed by atoms with Gasteiger partial charge in [-0.2, -0.15) is 5.26 Å². The van der Waals surface area contributed by atoms with Gasteiger partial charge >= 0.3 is 0 Å². The number of rotatable bonds is 2. The number of pyridine rings is 1. The smallest absolute Gasteiger partial charge is 0.258 e. The molecule has 18 heavy (non-hydrogen) atoms. The molecule has 0 N–H and O–H groups in total. The highest BCUT2D eigenvalue weighted by molar-refractivity contribution is 5.61. The van der Waals surface area contributed by atoms with Crippen molar-refractivity contribution in [3.8, 4) is 17.3 Å². The van der Waals surface area contributed by atoms with E-state index in [2.05, 4.69) is 4.98 Å². The molecule has 0 bridgehead atoms. The SMILES string of the molecule is Cc1nc(-c2ccc([N+](=O)[O-])cc2)ccc1C#N. The van der Waals surface area contributed by atoms with Gasteiger partial charge in [0.15, 0.2) is 0 Å². The maximum atomic E-state index is 10.5. The molecule has 1 aromatic heterocycles. The summed E-state index contributed by atoms with van der Waals surface area (Å²) < 4.78 is 0. The van der Waals surface area contributed by atoms with Crippen LogP contribution in [0.3, 0.4) is 0 Å². The first-order valence-electron chi connectivity index (χ1n) is 5.24. The lowest BCUT2D eigenvalue weighted by Crippen LogP contribution is -1.92. The fourth-order valence-corrected chi connectivity index (χ4v) is 1.59. The zero-order chi connectivity index (χ0) is 13.1. The van der Waals surface area contributed by atoms with Crippen molar-refractivity contribution in [2.45, 2.75) is 6.92 Å². The summed E-state index contributed by atoms with van der Waals surface area (Å²) in [6, 6.07) is 11.6. The Kier molecular flexibility index (Phi) is 3.02. The molecular weight excluding hydrogens is 230 g/mol. The molecule has 0 spiro atoms. The van der Waals surface area contributed by atoms with Gasteiger partial charge in [0.2, 0.25) is 0 Å². The lowest BCUT2D eigenvalue weighted by molar-refractivity contribution is -0.384. The summed E-state index contributed by atoms with van der Waals surface area (Å²) in [5, 5.41) is 19.4. The van der Waals surface area contributed by atoms with Gasteiger partial charge in [-0.25, -0.2) is 0 Å². The van der Waals surface area contributed by atoms with E-state index in [-0.39, 0.29) is 5.69 Å². The van der Waals surface area contributed by atoms with Gasteiger partial charge in [0, 0.05) is 17.7 Å². The number of aryl methyl sites for hydroxylation is 1. The molecule has 0 amide bonds. The zero-order valence-corrected chi connectivity index (χ0v) is 9.62. The molecule has 88 valence electrons. The van der Waals surface area contributed by atoms with E-state index >= 15 is 0 Å². The van der Waals surface area contributed by atoms with Crippen LogP contribution in [0, 0.1) is 28.4 Å². The molecule has 0 fully saturated rings. The molecule has 1 heterocycles. The van der Waals surface area contributed by atoms with Crippen molar-refractivity contribution < 1.29 is 4.92 Å². The van der Waals surface area contributed by atoms with E-state index in [1.54, 1.807) is 31.2 Å². The van der Waals surface area contributed by atoms with E-state index in [1.807, 2.05) is 6.07 Å². The van der Waals surface area contributed by atoms with Gasteiger partial charge in [0.05, 0.1) is 21.9 Å².